The molecule has 6 heteroatoms. The number of benzene rings is 2. The molecule has 0 saturated heterocycles. The van der Waals surface area contributed by atoms with E-state index in [-0.39, 0.29) is 12.3 Å². The second-order valence-corrected chi connectivity index (χ2v) is 5.10. The van der Waals surface area contributed by atoms with Gasteiger partial charge < -0.3 is 15.2 Å². The fourth-order valence-corrected chi connectivity index (χ4v) is 2.38. The highest BCUT2D eigenvalue weighted by atomic mass is 79.9. The molecule has 2 rings (SSSR count). The predicted molar refractivity (Wildman–Crippen MR) is 80.6 cm³/mol. The molecule has 0 unspecified atom stereocenters. The van der Waals surface area contributed by atoms with Gasteiger partial charge in [-0.3, -0.25) is 0 Å². The van der Waals surface area contributed by atoms with Gasteiger partial charge in [0, 0.05) is 6.07 Å². The fourth-order valence-electron chi connectivity index (χ4n) is 1.82. The summed E-state index contributed by atoms with van der Waals surface area (Å²) in [7, 11) is 1.50. The molecule has 0 fully saturated rings. The molecule has 2 aromatic rings. The van der Waals surface area contributed by atoms with Crippen molar-refractivity contribution in [1.29, 1.82) is 5.26 Å². The Labute approximate surface area is 130 Å². The summed E-state index contributed by atoms with van der Waals surface area (Å²) in [6.45, 7) is 0.201. The second kappa shape index (κ2) is 6.46. The van der Waals surface area contributed by atoms with Crippen molar-refractivity contribution in [2.45, 2.75) is 6.61 Å². The van der Waals surface area contributed by atoms with Gasteiger partial charge in [-0.15, -0.1) is 0 Å². The summed E-state index contributed by atoms with van der Waals surface area (Å²) in [6, 6.07) is 9.67. The summed E-state index contributed by atoms with van der Waals surface area (Å²) in [5, 5.41) is 9.04. The van der Waals surface area contributed by atoms with E-state index < -0.39 is 5.82 Å². The van der Waals surface area contributed by atoms with Crippen LogP contribution in [-0.2, 0) is 6.61 Å². The largest absolute Gasteiger partial charge is 0.495 e. The van der Waals surface area contributed by atoms with Crippen molar-refractivity contribution >= 4 is 21.6 Å². The quantitative estimate of drug-likeness (QED) is 0.854. The van der Waals surface area contributed by atoms with Gasteiger partial charge in [-0.1, -0.05) is 6.07 Å². The molecule has 21 heavy (non-hydrogen) atoms. The minimum absolute atomic E-state index is 0.201. The molecule has 2 aromatic carbocycles. The molecule has 0 aliphatic heterocycles. The maximum Gasteiger partial charge on any atom is 0.157 e. The number of halogens is 2. The summed E-state index contributed by atoms with van der Waals surface area (Å²) < 4.78 is 24.2. The van der Waals surface area contributed by atoms with Gasteiger partial charge in [-0.05, 0) is 39.7 Å². The van der Waals surface area contributed by atoms with Crippen molar-refractivity contribution in [2.75, 3.05) is 12.8 Å². The molecule has 4 nitrogen and oxygen atoms in total. The molecule has 0 heterocycles. The van der Waals surface area contributed by atoms with Crippen LogP contribution in [-0.4, -0.2) is 7.11 Å². The summed E-state index contributed by atoms with van der Waals surface area (Å²) in [5.74, 6) is 0.428. The van der Waals surface area contributed by atoms with Crippen molar-refractivity contribution in [3.8, 4) is 17.6 Å². The minimum atomic E-state index is -0.442. The molecule has 0 amide bonds. The molecule has 0 aliphatic rings. The smallest absolute Gasteiger partial charge is 0.157 e. The van der Waals surface area contributed by atoms with Crippen LogP contribution in [0, 0.1) is 17.1 Å². The zero-order chi connectivity index (χ0) is 15.4. The van der Waals surface area contributed by atoms with Crippen molar-refractivity contribution in [1.82, 2.24) is 0 Å². The van der Waals surface area contributed by atoms with Crippen LogP contribution in [0.1, 0.15) is 11.1 Å². The van der Waals surface area contributed by atoms with Crippen molar-refractivity contribution in [2.24, 2.45) is 0 Å². The van der Waals surface area contributed by atoms with Gasteiger partial charge in [0.05, 0.1) is 22.8 Å². The third-order valence-electron chi connectivity index (χ3n) is 2.80. The number of hydrogen-bond donors (Lipinski definition) is 1. The molecule has 0 saturated carbocycles. The van der Waals surface area contributed by atoms with Gasteiger partial charge in [0.25, 0.3) is 0 Å². The highest BCUT2D eigenvalue weighted by Crippen LogP contribution is 2.33. The molecule has 0 bridgehead atoms. The lowest BCUT2D eigenvalue weighted by atomic mass is 10.1. The third kappa shape index (κ3) is 3.44. The van der Waals surface area contributed by atoms with Crippen LogP contribution in [0.25, 0.3) is 0 Å². The molecule has 0 aromatic heterocycles. The number of nitrogen functional groups attached to an aromatic ring is 1. The highest BCUT2D eigenvalue weighted by Gasteiger charge is 2.10. The van der Waals surface area contributed by atoms with Gasteiger partial charge >= 0.3 is 0 Å². The maximum absolute atomic E-state index is 13.1. The van der Waals surface area contributed by atoms with Gasteiger partial charge in [-0.2, -0.15) is 5.26 Å². The van der Waals surface area contributed by atoms with E-state index in [9.17, 15) is 4.39 Å². The molecule has 0 atom stereocenters. The first-order chi connectivity index (χ1) is 10.0. The Morgan fingerprint density at radius 2 is 2.10 bits per heavy atom. The van der Waals surface area contributed by atoms with E-state index in [1.807, 2.05) is 0 Å². The number of nitrogens with two attached hydrogens (primary N) is 1. The van der Waals surface area contributed by atoms with Crippen LogP contribution >= 0.6 is 15.9 Å². The van der Waals surface area contributed by atoms with E-state index in [1.54, 1.807) is 18.2 Å². The zero-order valence-electron chi connectivity index (χ0n) is 11.2. The van der Waals surface area contributed by atoms with Crippen LogP contribution < -0.4 is 15.2 Å². The Morgan fingerprint density at radius 3 is 2.71 bits per heavy atom. The monoisotopic (exact) mass is 350 g/mol. The SMILES string of the molecule is COc1ccc(COc2c(N)cc(F)cc2Br)cc1C#N. The zero-order valence-corrected chi connectivity index (χ0v) is 12.8. The maximum atomic E-state index is 13.1. The number of nitriles is 1. The minimum Gasteiger partial charge on any atom is -0.495 e. The fraction of sp³-hybridized carbons (Fsp3) is 0.133. The van der Waals surface area contributed by atoms with E-state index in [2.05, 4.69) is 22.0 Å². The van der Waals surface area contributed by atoms with Gasteiger partial charge in [-0.25, -0.2) is 4.39 Å². The summed E-state index contributed by atoms with van der Waals surface area (Å²) in [5.41, 5.74) is 7.13. The molecular weight excluding hydrogens is 339 g/mol. The molecule has 108 valence electrons. The number of ether oxygens (including phenoxy) is 2. The number of methoxy groups -OCH3 is 1. The predicted octanol–water partition coefficient (Wildman–Crippen LogP) is 3.63. The number of hydrogen-bond acceptors (Lipinski definition) is 4. The van der Waals surface area contributed by atoms with Gasteiger partial charge in [0.1, 0.15) is 24.2 Å². The lowest BCUT2D eigenvalue weighted by Crippen LogP contribution is -2.01. The second-order valence-electron chi connectivity index (χ2n) is 4.24. The van der Waals surface area contributed by atoms with E-state index >= 15 is 0 Å². The van der Waals surface area contributed by atoms with Crippen LogP contribution in [0.4, 0.5) is 10.1 Å². The third-order valence-corrected chi connectivity index (χ3v) is 3.39. The average molecular weight is 351 g/mol. The van der Waals surface area contributed by atoms with E-state index in [4.69, 9.17) is 20.5 Å². The van der Waals surface area contributed by atoms with Crippen LogP contribution in [0.15, 0.2) is 34.8 Å². The van der Waals surface area contributed by atoms with Gasteiger partial charge in [0.15, 0.2) is 5.75 Å². The normalized spacial score (nSPS) is 10.0. The molecule has 0 spiro atoms. The van der Waals surface area contributed by atoms with E-state index in [1.165, 1.54) is 19.2 Å². The van der Waals surface area contributed by atoms with Crippen molar-refractivity contribution in [3.63, 3.8) is 0 Å². The van der Waals surface area contributed by atoms with Crippen molar-refractivity contribution in [3.05, 3.63) is 51.7 Å². The Morgan fingerprint density at radius 1 is 1.33 bits per heavy atom. The average Bonchev–Trinajstić information content (AvgIpc) is 2.45. The van der Waals surface area contributed by atoms with E-state index in [0.717, 1.165) is 5.56 Å². The first-order valence-corrected chi connectivity index (χ1v) is 6.78. The summed E-state index contributed by atoms with van der Waals surface area (Å²) in [6.07, 6.45) is 0. The van der Waals surface area contributed by atoms with Gasteiger partial charge in [0.2, 0.25) is 0 Å². The Bertz CT molecular complexity index is 690. The Kier molecular flexibility index (Phi) is 4.66. The van der Waals surface area contributed by atoms with Crippen LogP contribution in [0.5, 0.6) is 11.5 Å². The topological polar surface area (TPSA) is 68.3 Å². The number of nitrogens with zero attached hydrogens (tertiary/aromatic N) is 1. The number of rotatable bonds is 4. The standard InChI is InChI=1S/C15H12BrFN2O2/c1-20-14-3-2-9(4-10(14)7-18)8-21-15-12(16)5-11(17)6-13(15)19/h2-6H,8,19H2,1H3. The first-order valence-electron chi connectivity index (χ1n) is 5.99. The number of anilines is 1. The molecular formula is C15H12BrFN2O2. The van der Waals surface area contributed by atoms with Crippen LogP contribution in [0.3, 0.4) is 0 Å². The lowest BCUT2D eigenvalue weighted by molar-refractivity contribution is 0.305. The summed E-state index contributed by atoms with van der Waals surface area (Å²) >= 11 is 3.21. The molecule has 0 aliphatic carbocycles. The Balaban J connectivity index is 2.19. The summed E-state index contributed by atoms with van der Waals surface area (Å²) in [4.78, 5) is 0. The van der Waals surface area contributed by atoms with Crippen LogP contribution in [0.2, 0.25) is 0 Å². The highest BCUT2D eigenvalue weighted by molar-refractivity contribution is 9.10. The Hall–Kier alpha value is -2.26. The lowest BCUT2D eigenvalue weighted by Gasteiger charge is -2.12. The molecule has 0 radical (unpaired) electrons. The molecule has 2 N–H and O–H groups in total. The first kappa shape index (κ1) is 15.1. The van der Waals surface area contributed by atoms with Crippen molar-refractivity contribution < 1.29 is 13.9 Å². The van der Waals surface area contributed by atoms with E-state index in [0.29, 0.717) is 21.5 Å².